The molecule has 0 bridgehead atoms. The summed E-state index contributed by atoms with van der Waals surface area (Å²) in [6.45, 7) is 0.948. The highest BCUT2D eigenvalue weighted by Crippen LogP contribution is 2.23. The van der Waals surface area contributed by atoms with E-state index in [1.54, 1.807) is 35.4 Å². The Balaban J connectivity index is 1.41. The molecule has 2 aromatic heterocycles. The first-order valence-corrected chi connectivity index (χ1v) is 11.9. The molecule has 1 amide bonds. The average molecular weight is 441 g/mol. The number of amides is 1. The van der Waals surface area contributed by atoms with E-state index < -0.39 is 10.0 Å². The largest absolute Gasteiger partial charge is 0.445 e. The van der Waals surface area contributed by atoms with E-state index in [4.69, 9.17) is 4.42 Å². The third kappa shape index (κ3) is 4.77. The van der Waals surface area contributed by atoms with Crippen LogP contribution in [0.25, 0.3) is 0 Å². The number of aromatic nitrogens is 2. The number of hydrogen-bond donors (Lipinski definition) is 0. The molecule has 0 saturated carbocycles. The van der Waals surface area contributed by atoms with Crippen LogP contribution in [0, 0.1) is 0 Å². The molecule has 0 saturated heterocycles. The number of sulfonamides is 1. The first kappa shape index (κ1) is 21.0. The van der Waals surface area contributed by atoms with Gasteiger partial charge in [-0.25, -0.2) is 13.4 Å². The van der Waals surface area contributed by atoms with Gasteiger partial charge in [-0.2, -0.15) is 0 Å². The van der Waals surface area contributed by atoms with Gasteiger partial charge < -0.3 is 9.32 Å². The van der Waals surface area contributed by atoms with Crippen LogP contribution in [-0.4, -0.2) is 49.0 Å². The van der Waals surface area contributed by atoms with Crippen molar-refractivity contribution in [2.24, 2.45) is 0 Å². The molecule has 3 aromatic rings. The third-order valence-electron chi connectivity index (χ3n) is 5.38. The predicted octanol–water partition coefficient (Wildman–Crippen LogP) is 2.45. The normalized spacial score (nSPS) is 13.7. The van der Waals surface area contributed by atoms with Gasteiger partial charge in [-0.1, -0.05) is 6.07 Å². The fraction of sp³-hybridized carbons (Fsp3) is 0.318. The summed E-state index contributed by atoms with van der Waals surface area (Å²) in [5.41, 5.74) is 2.94. The molecule has 3 heterocycles. The minimum absolute atomic E-state index is 0.112. The van der Waals surface area contributed by atoms with Crippen molar-refractivity contribution in [2.75, 3.05) is 24.2 Å². The molecule has 0 aliphatic carbocycles. The number of rotatable bonds is 6. The molecule has 1 aliphatic rings. The van der Waals surface area contributed by atoms with Crippen LogP contribution in [0.1, 0.15) is 33.3 Å². The quantitative estimate of drug-likeness (QED) is 0.584. The number of fused-ring (bicyclic) bond motifs is 1. The van der Waals surface area contributed by atoms with Crippen LogP contribution in [0.15, 0.2) is 53.2 Å². The van der Waals surface area contributed by atoms with E-state index >= 15 is 0 Å². The van der Waals surface area contributed by atoms with Gasteiger partial charge in [-0.3, -0.25) is 14.1 Å². The number of carbonyl (C=O) groups excluding carboxylic acids is 1. The van der Waals surface area contributed by atoms with Gasteiger partial charge in [0.05, 0.1) is 18.5 Å². The zero-order valence-corrected chi connectivity index (χ0v) is 18.3. The van der Waals surface area contributed by atoms with Gasteiger partial charge in [0.15, 0.2) is 5.89 Å². The maximum Gasteiger partial charge on any atom is 0.254 e. The molecular weight excluding hydrogens is 416 g/mol. The lowest BCUT2D eigenvalue weighted by Gasteiger charge is -2.25. The lowest BCUT2D eigenvalue weighted by Crippen LogP contribution is -2.35. The SMILES string of the molecule is CN(c1ccc(C(=O)N2CCc3oc(CCc4cccnc4)nc3C2)cc1)S(C)(=O)=O. The molecule has 1 aliphatic heterocycles. The van der Waals surface area contributed by atoms with Crippen molar-refractivity contribution in [3.8, 4) is 0 Å². The average Bonchev–Trinajstić information content (AvgIpc) is 3.19. The van der Waals surface area contributed by atoms with Crippen LogP contribution in [-0.2, 0) is 35.8 Å². The van der Waals surface area contributed by atoms with Crippen molar-refractivity contribution in [3.63, 3.8) is 0 Å². The van der Waals surface area contributed by atoms with Gasteiger partial charge in [-0.05, 0) is 42.3 Å². The Bertz CT molecular complexity index is 1170. The highest BCUT2D eigenvalue weighted by Gasteiger charge is 2.26. The molecular formula is C22H24N4O4S. The van der Waals surface area contributed by atoms with Gasteiger partial charge in [0.1, 0.15) is 11.5 Å². The summed E-state index contributed by atoms with van der Waals surface area (Å²) in [6.07, 6.45) is 6.82. The Morgan fingerprint density at radius 3 is 2.65 bits per heavy atom. The maximum atomic E-state index is 12.9. The second-order valence-corrected chi connectivity index (χ2v) is 9.61. The van der Waals surface area contributed by atoms with Crippen molar-refractivity contribution in [1.29, 1.82) is 0 Å². The summed E-state index contributed by atoms with van der Waals surface area (Å²) >= 11 is 0. The number of anilines is 1. The van der Waals surface area contributed by atoms with Crippen LogP contribution in [0.5, 0.6) is 0 Å². The molecule has 0 spiro atoms. The lowest BCUT2D eigenvalue weighted by molar-refractivity contribution is 0.0728. The van der Waals surface area contributed by atoms with Crippen molar-refractivity contribution in [3.05, 3.63) is 77.3 Å². The number of oxazole rings is 1. The predicted molar refractivity (Wildman–Crippen MR) is 116 cm³/mol. The van der Waals surface area contributed by atoms with Crippen LogP contribution < -0.4 is 4.31 Å². The number of pyridine rings is 1. The Kier molecular flexibility index (Phi) is 5.77. The van der Waals surface area contributed by atoms with Gasteiger partial charge >= 0.3 is 0 Å². The van der Waals surface area contributed by atoms with Crippen LogP contribution in [0.4, 0.5) is 5.69 Å². The molecule has 9 heteroatoms. The monoisotopic (exact) mass is 440 g/mol. The van der Waals surface area contributed by atoms with Crippen molar-refractivity contribution in [2.45, 2.75) is 25.8 Å². The number of benzene rings is 1. The minimum Gasteiger partial charge on any atom is -0.445 e. The molecule has 1 aromatic carbocycles. The third-order valence-corrected chi connectivity index (χ3v) is 6.59. The summed E-state index contributed by atoms with van der Waals surface area (Å²) in [7, 11) is -1.87. The number of nitrogens with zero attached hydrogens (tertiary/aromatic N) is 4. The molecule has 162 valence electrons. The van der Waals surface area contributed by atoms with Gasteiger partial charge in [0, 0.05) is 44.4 Å². The zero-order valence-electron chi connectivity index (χ0n) is 17.5. The molecule has 8 nitrogen and oxygen atoms in total. The van der Waals surface area contributed by atoms with Crippen LogP contribution in [0.3, 0.4) is 0 Å². The Morgan fingerprint density at radius 2 is 1.97 bits per heavy atom. The molecule has 0 unspecified atom stereocenters. The van der Waals surface area contributed by atoms with Gasteiger partial charge in [0.25, 0.3) is 5.91 Å². The van der Waals surface area contributed by atoms with Crippen molar-refractivity contribution < 1.29 is 17.6 Å². The summed E-state index contributed by atoms with van der Waals surface area (Å²) in [5, 5.41) is 0. The van der Waals surface area contributed by atoms with Crippen LogP contribution in [0.2, 0.25) is 0 Å². The van der Waals surface area contributed by atoms with Crippen LogP contribution >= 0.6 is 0 Å². The first-order valence-electron chi connectivity index (χ1n) is 10.0. The Hall–Kier alpha value is -3.20. The number of hydrogen-bond acceptors (Lipinski definition) is 6. The first-order chi connectivity index (χ1) is 14.8. The van der Waals surface area contributed by atoms with Crippen molar-refractivity contribution >= 4 is 21.6 Å². The smallest absolute Gasteiger partial charge is 0.254 e. The molecule has 0 radical (unpaired) electrons. The maximum absolute atomic E-state index is 12.9. The number of aryl methyl sites for hydroxylation is 2. The fourth-order valence-electron chi connectivity index (χ4n) is 3.52. The van der Waals surface area contributed by atoms with Crippen molar-refractivity contribution in [1.82, 2.24) is 14.9 Å². The topological polar surface area (TPSA) is 96.6 Å². The Morgan fingerprint density at radius 1 is 1.19 bits per heavy atom. The lowest BCUT2D eigenvalue weighted by atomic mass is 10.1. The second kappa shape index (κ2) is 8.50. The van der Waals surface area contributed by atoms with E-state index in [0.717, 1.165) is 29.7 Å². The van der Waals surface area contributed by atoms with E-state index in [1.807, 2.05) is 18.3 Å². The molecule has 0 N–H and O–H groups in total. The molecule has 0 atom stereocenters. The van der Waals surface area contributed by atoms with E-state index in [1.165, 1.54) is 11.4 Å². The number of carbonyl (C=O) groups is 1. The van der Waals surface area contributed by atoms with E-state index in [9.17, 15) is 13.2 Å². The zero-order chi connectivity index (χ0) is 22.0. The second-order valence-electron chi connectivity index (χ2n) is 7.59. The van der Waals surface area contributed by atoms with E-state index in [2.05, 4.69) is 9.97 Å². The highest BCUT2D eigenvalue weighted by atomic mass is 32.2. The van der Waals surface area contributed by atoms with Gasteiger partial charge in [-0.15, -0.1) is 0 Å². The fourth-order valence-corrected chi connectivity index (χ4v) is 4.02. The van der Waals surface area contributed by atoms with E-state index in [-0.39, 0.29) is 5.91 Å². The van der Waals surface area contributed by atoms with Gasteiger partial charge in [0.2, 0.25) is 10.0 Å². The summed E-state index contributed by atoms with van der Waals surface area (Å²) in [5.74, 6) is 1.41. The minimum atomic E-state index is -3.35. The molecule has 0 fully saturated rings. The summed E-state index contributed by atoms with van der Waals surface area (Å²) < 4.78 is 30.4. The summed E-state index contributed by atoms with van der Waals surface area (Å²) in [6, 6.07) is 10.5. The highest BCUT2D eigenvalue weighted by molar-refractivity contribution is 7.92. The summed E-state index contributed by atoms with van der Waals surface area (Å²) in [4.78, 5) is 23.4. The molecule has 4 rings (SSSR count). The Labute approximate surface area is 181 Å². The standard InChI is InChI=1S/C22H24N4O4S/c1-25(31(2,28)29)18-8-6-17(7-9-18)22(27)26-13-11-20-19(15-26)24-21(30-20)10-5-16-4-3-12-23-14-16/h3-4,6-9,12,14H,5,10-11,13,15H2,1-2H3. The van der Waals surface area contributed by atoms with E-state index in [0.29, 0.717) is 43.1 Å². The molecule has 31 heavy (non-hydrogen) atoms.